The van der Waals surface area contributed by atoms with Gasteiger partial charge in [-0.2, -0.15) is 4.98 Å². The van der Waals surface area contributed by atoms with E-state index in [1.165, 1.54) is 12.0 Å². The largest absolute Gasteiger partial charge is 0.494 e. The summed E-state index contributed by atoms with van der Waals surface area (Å²) >= 11 is 0. The quantitative estimate of drug-likeness (QED) is 0.672. The van der Waals surface area contributed by atoms with Crippen LogP contribution in [0.3, 0.4) is 0 Å². The van der Waals surface area contributed by atoms with Crippen molar-refractivity contribution in [3.05, 3.63) is 18.2 Å². The Morgan fingerprint density at radius 2 is 1.96 bits per heavy atom. The van der Waals surface area contributed by atoms with Crippen LogP contribution in [-0.4, -0.2) is 52.7 Å². The summed E-state index contributed by atoms with van der Waals surface area (Å²) < 4.78 is 10.6. The Labute approximate surface area is 162 Å². The number of anilines is 2. The standard InChI is InChI=1S/C18H24N6O4/c1-18(2,3)28-17(26)24-8-10(9-24)15(25)23-22-14-11-6-5-7-12(27-4)13(11)20-16(19)21-14/h5-7,10H,8-9H2,1-4H3,(H,23,25)(H3,19,20,21,22). The summed E-state index contributed by atoms with van der Waals surface area (Å²) in [5.74, 6) is 0.368. The van der Waals surface area contributed by atoms with E-state index in [0.717, 1.165) is 0 Å². The van der Waals surface area contributed by atoms with E-state index in [0.29, 0.717) is 35.6 Å². The normalized spacial score (nSPS) is 14.4. The molecule has 0 radical (unpaired) electrons. The molecule has 1 saturated heterocycles. The number of nitrogens with zero attached hydrogens (tertiary/aromatic N) is 3. The van der Waals surface area contributed by atoms with Crippen molar-refractivity contribution in [3.63, 3.8) is 0 Å². The highest BCUT2D eigenvalue weighted by atomic mass is 16.6. The zero-order valence-electron chi connectivity index (χ0n) is 16.3. The fourth-order valence-electron chi connectivity index (χ4n) is 2.75. The molecule has 3 rings (SSSR count). The molecule has 0 spiro atoms. The first-order chi connectivity index (χ1) is 13.2. The minimum Gasteiger partial charge on any atom is -0.494 e. The van der Waals surface area contributed by atoms with Gasteiger partial charge in [0.25, 0.3) is 0 Å². The lowest BCUT2D eigenvalue weighted by Crippen LogP contribution is -2.57. The molecule has 0 bridgehead atoms. The molecule has 0 atom stereocenters. The molecule has 2 heterocycles. The lowest BCUT2D eigenvalue weighted by atomic mass is 10.0. The molecule has 0 aliphatic carbocycles. The molecule has 1 aromatic carbocycles. The number of benzene rings is 1. The van der Waals surface area contributed by atoms with Crippen molar-refractivity contribution in [1.29, 1.82) is 0 Å². The first-order valence-corrected chi connectivity index (χ1v) is 8.82. The summed E-state index contributed by atoms with van der Waals surface area (Å²) in [6.07, 6.45) is -0.425. The van der Waals surface area contributed by atoms with E-state index in [2.05, 4.69) is 20.8 Å². The van der Waals surface area contributed by atoms with Crippen molar-refractivity contribution in [3.8, 4) is 5.75 Å². The van der Waals surface area contributed by atoms with Gasteiger partial charge in [0.2, 0.25) is 11.9 Å². The molecule has 1 fully saturated rings. The molecule has 4 N–H and O–H groups in total. The highest BCUT2D eigenvalue weighted by Crippen LogP contribution is 2.28. The van der Waals surface area contributed by atoms with Gasteiger partial charge in [-0.1, -0.05) is 6.07 Å². The van der Waals surface area contributed by atoms with E-state index in [-0.39, 0.29) is 17.8 Å². The van der Waals surface area contributed by atoms with Crippen molar-refractivity contribution in [1.82, 2.24) is 20.3 Å². The lowest BCUT2D eigenvalue weighted by molar-refractivity contribution is -0.129. The first-order valence-electron chi connectivity index (χ1n) is 8.82. The third-order valence-electron chi connectivity index (χ3n) is 4.13. The number of fused-ring (bicyclic) bond motifs is 1. The van der Waals surface area contributed by atoms with Gasteiger partial charge >= 0.3 is 6.09 Å². The smallest absolute Gasteiger partial charge is 0.410 e. The van der Waals surface area contributed by atoms with E-state index in [1.54, 1.807) is 39.0 Å². The van der Waals surface area contributed by atoms with Crippen LogP contribution in [0.15, 0.2) is 18.2 Å². The van der Waals surface area contributed by atoms with Crippen LogP contribution < -0.4 is 21.3 Å². The van der Waals surface area contributed by atoms with E-state index in [1.807, 2.05) is 0 Å². The van der Waals surface area contributed by atoms with Crippen LogP contribution in [0.1, 0.15) is 20.8 Å². The zero-order chi connectivity index (χ0) is 20.5. The molecule has 10 heteroatoms. The Morgan fingerprint density at radius 3 is 2.61 bits per heavy atom. The highest BCUT2D eigenvalue weighted by molar-refractivity contribution is 5.94. The number of hydrazine groups is 1. The van der Waals surface area contributed by atoms with Gasteiger partial charge in [-0.25, -0.2) is 9.78 Å². The van der Waals surface area contributed by atoms with Gasteiger partial charge in [-0.05, 0) is 32.9 Å². The summed E-state index contributed by atoms with van der Waals surface area (Å²) in [7, 11) is 1.54. The molecule has 0 saturated carbocycles. The number of methoxy groups -OCH3 is 1. The van der Waals surface area contributed by atoms with Gasteiger partial charge in [0, 0.05) is 18.5 Å². The van der Waals surface area contributed by atoms with Crippen LogP contribution >= 0.6 is 0 Å². The van der Waals surface area contributed by atoms with Crippen LogP contribution in [-0.2, 0) is 9.53 Å². The number of ether oxygens (including phenoxy) is 2. The summed E-state index contributed by atoms with van der Waals surface area (Å²) in [4.78, 5) is 34.1. The molecule has 150 valence electrons. The van der Waals surface area contributed by atoms with Gasteiger partial charge in [-0.3, -0.25) is 15.6 Å². The second-order valence-corrected chi connectivity index (χ2v) is 7.48. The van der Waals surface area contributed by atoms with Crippen LogP contribution in [0.4, 0.5) is 16.6 Å². The van der Waals surface area contributed by atoms with Crippen LogP contribution in [0, 0.1) is 5.92 Å². The monoisotopic (exact) mass is 388 g/mol. The fourth-order valence-corrected chi connectivity index (χ4v) is 2.75. The average Bonchev–Trinajstić information content (AvgIpc) is 2.56. The Bertz CT molecular complexity index is 905. The predicted octanol–water partition coefficient (Wildman–Crippen LogP) is 1.53. The Morgan fingerprint density at radius 1 is 1.25 bits per heavy atom. The number of rotatable bonds is 4. The maximum atomic E-state index is 12.3. The van der Waals surface area contributed by atoms with Gasteiger partial charge in [0.15, 0.2) is 5.82 Å². The molecule has 1 aliphatic rings. The van der Waals surface area contributed by atoms with Crippen LogP contribution in [0.25, 0.3) is 10.9 Å². The third-order valence-corrected chi connectivity index (χ3v) is 4.13. The molecule has 28 heavy (non-hydrogen) atoms. The zero-order valence-corrected chi connectivity index (χ0v) is 16.3. The summed E-state index contributed by atoms with van der Waals surface area (Å²) in [6.45, 7) is 5.98. The number of aromatic nitrogens is 2. The predicted molar refractivity (Wildman–Crippen MR) is 104 cm³/mol. The number of nitrogens with one attached hydrogen (secondary N) is 2. The molecular weight excluding hydrogens is 364 g/mol. The molecule has 0 unspecified atom stereocenters. The SMILES string of the molecule is COc1cccc2c(NNC(=O)C3CN(C(=O)OC(C)(C)C)C3)nc(N)nc12. The lowest BCUT2D eigenvalue weighted by Gasteiger charge is -2.38. The van der Waals surface area contributed by atoms with Gasteiger partial charge in [0.05, 0.1) is 13.0 Å². The Kier molecular flexibility index (Phi) is 5.12. The second-order valence-electron chi connectivity index (χ2n) is 7.48. The summed E-state index contributed by atoms with van der Waals surface area (Å²) in [6, 6.07) is 5.34. The molecule has 2 aromatic rings. The molecule has 1 aliphatic heterocycles. The molecule has 10 nitrogen and oxygen atoms in total. The van der Waals surface area contributed by atoms with Crippen LogP contribution in [0.2, 0.25) is 0 Å². The van der Waals surface area contributed by atoms with Crippen LogP contribution in [0.5, 0.6) is 5.75 Å². The average molecular weight is 388 g/mol. The number of amides is 2. The number of carbonyl (C=O) groups excluding carboxylic acids is 2. The third kappa shape index (κ3) is 4.16. The fraction of sp³-hybridized carbons (Fsp3) is 0.444. The number of nitrogens with two attached hydrogens (primary N) is 1. The molecule has 1 aromatic heterocycles. The summed E-state index contributed by atoms with van der Waals surface area (Å²) in [5, 5.41) is 0.651. The second kappa shape index (κ2) is 7.37. The number of carbonyl (C=O) groups is 2. The minimum absolute atomic E-state index is 0.0495. The van der Waals surface area contributed by atoms with Crippen molar-refractivity contribution in [2.24, 2.45) is 5.92 Å². The van der Waals surface area contributed by atoms with Crippen molar-refractivity contribution < 1.29 is 19.1 Å². The van der Waals surface area contributed by atoms with E-state index in [9.17, 15) is 9.59 Å². The van der Waals surface area contributed by atoms with Crippen molar-refractivity contribution >= 4 is 34.7 Å². The Balaban J connectivity index is 1.61. The van der Waals surface area contributed by atoms with Gasteiger partial charge < -0.3 is 20.1 Å². The van der Waals surface area contributed by atoms with E-state index in [4.69, 9.17) is 15.2 Å². The molecular formula is C18H24N6O4. The minimum atomic E-state index is -0.568. The number of likely N-dealkylation sites (tertiary alicyclic amines) is 1. The van der Waals surface area contributed by atoms with Gasteiger partial charge in [-0.15, -0.1) is 0 Å². The summed E-state index contributed by atoms with van der Waals surface area (Å²) in [5.41, 5.74) is 11.1. The van der Waals surface area contributed by atoms with Gasteiger partial charge in [0.1, 0.15) is 16.9 Å². The molecule has 2 amide bonds. The van der Waals surface area contributed by atoms with E-state index < -0.39 is 11.7 Å². The highest BCUT2D eigenvalue weighted by Gasteiger charge is 2.37. The first kappa shape index (κ1) is 19.5. The number of para-hydroxylation sites is 1. The Hall–Kier alpha value is -3.30. The number of hydrogen-bond acceptors (Lipinski definition) is 8. The topological polar surface area (TPSA) is 132 Å². The van der Waals surface area contributed by atoms with Crippen molar-refractivity contribution in [2.45, 2.75) is 26.4 Å². The van der Waals surface area contributed by atoms with E-state index >= 15 is 0 Å². The number of hydrogen-bond donors (Lipinski definition) is 3. The maximum Gasteiger partial charge on any atom is 0.410 e. The maximum absolute atomic E-state index is 12.3. The van der Waals surface area contributed by atoms with Crippen molar-refractivity contribution in [2.75, 3.05) is 31.4 Å². The number of nitrogen functional groups attached to an aromatic ring is 1.